The fraction of sp³-hybridized carbons (Fsp3) is 0.750. The van der Waals surface area contributed by atoms with Crippen molar-refractivity contribution in [2.75, 3.05) is 0 Å². The van der Waals surface area contributed by atoms with Crippen molar-refractivity contribution in [2.24, 2.45) is 23.7 Å². The number of hydrogen-bond acceptors (Lipinski definition) is 0. The predicted molar refractivity (Wildman–Crippen MR) is 108 cm³/mol. The van der Waals surface area contributed by atoms with E-state index in [1.165, 1.54) is 77.0 Å². The third kappa shape index (κ3) is 7.41. The van der Waals surface area contributed by atoms with Crippen molar-refractivity contribution in [1.82, 2.24) is 0 Å². The zero-order valence-corrected chi connectivity index (χ0v) is 16.3. The molecule has 2 aliphatic carbocycles. The van der Waals surface area contributed by atoms with Gasteiger partial charge in [-0.1, -0.05) is 36.5 Å². The molecule has 0 bridgehead atoms. The van der Waals surface area contributed by atoms with Crippen LogP contribution in [0.3, 0.4) is 0 Å². The average Bonchev–Trinajstić information content (AvgIpc) is 2.62. The minimum Gasteiger partial charge on any atom is -0.0917 e. The van der Waals surface area contributed by atoms with Gasteiger partial charge >= 0.3 is 0 Å². The number of allylic oxidation sites excluding steroid dienone is 6. The maximum atomic E-state index is 2.56. The first-order valence-electron chi connectivity index (χ1n) is 10.7. The highest BCUT2D eigenvalue weighted by Gasteiger charge is 2.20. The summed E-state index contributed by atoms with van der Waals surface area (Å²) >= 11 is 0. The van der Waals surface area contributed by atoms with Crippen LogP contribution in [-0.2, 0) is 0 Å². The summed E-state index contributed by atoms with van der Waals surface area (Å²) in [5.74, 6) is 3.76. The zero-order valence-electron chi connectivity index (χ0n) is 16.3. The van der Waals surface area contributed by atoms with Crippen LogP contribution in [0.25, 0.3) is 0 Å². The highest BCUT2D eigenvalue weighted by molar-refractivity contribution is 4.93. The minimum absolute atomic E-state index is 0.879. The summed E-state index contributed by atoms with van der Waals surface area (Å²) in [5, 5.41) is 0. The van der Waals surface area contributed by atoms with Crippen molar-refractivity contribution in [3.8, 4) is 0 Å². The molecule has 0 unspecified atom stereocenters. The third-order valence-corrected chi connectivity index (χ3v) is 6.37. The van der Waals surface area contributed by atoms with Crippen LogP contribution in [0, 0.1) is 23.7 Å². The third-order valence-electron chi connectivity index (χ3n) is 6.37. The van der Waals surface area contributed by atoms with Gasteiger partial charge in [0.1, 0.15) is 0 Å². The maximum Gasteiger partial charge on any atom is -0.0233 e. The van der Waals surface area contributed by atoms with Crippen LogP contribution in [-0.4, -0.2) is 0 Å². The maximum absolute atomic E-state index is 2.56. The first-order valence-corrected chi connectivity index (χ1v) is 10.7. The van der Waals surface area contributed by atoms with Gasteiger partial charge in [0, 0.05) is 0 Å². The molecule has 136 valence electrons. The first-order chi connectivity index (χ1) is 11.8. The van der Waals surface area contributed by atoms with Crippen molar-refractivity contribution >= 4 is 0 Å². The lowest BCUT2D eigenvalue weighted by molar-refractivity contribution is 0.293. The number of hydrogen-bond donors (Lipinski definition) is 0. The second-order valence-electron chi connectivity index (χ2n) is 8.24. The molecule has 0 aromatic heterocycles. The molecular weight excluding hydrogens is 288 g/mol. The standard InChI is InChI=1S/C24H40/c1-3-5-6-10-22-17-19-24(20-18-22)12-8-7-11-23-15-13-21(9-4-2)14-16-23/h3-5,8-9,12,21-24H,6-7,10-11,13-20H2,1-2H3. The van der Waals surface area contributed by atoms with Crippen LogP contribution in [0.2, 0.25) is 0 Å². The molecule has 0 heteroatoms. The molecule has 0 aromatic carbocycles. The predicted octanol–water partition coefficient (Wildman–Crippen LogP) is 7.87. The lowest BCUT2D eigenvalue weighted by Gasteiger charge is -2.27. The Morgan fingerprint density at radius 2 is 1.08 bits per heavy atom. The number of rotatable bonds is 8. The van der Waals surface area contributed by atoms with Crippen LogP contribution in [0.4, 0.5) is 0 Å². The average molecular weight is 329 g/mol. The van der Waals surface area contributed by atoms with E-state index in [2.05, 4.69) is 50.3 Å². The molecule has 0 aliphatic heterocycles. The lowest BCUT2D eigenvalue weighted by atomic mass is 9.79. The van der Waals surface area contributed by atoms with E-state index in [1.54, 1.807) is 0 Å². The molecule has 0 radical (unpaired) electrons. The van der Waals surface area contributed by atoms with E-state index in [1.807, 2.05) is 0 Å². The van der Waals surface area contributed by atoms with Crippen LogP contribution in [0.5, 0.6) is 0 Å². The normalized spacial score (nSPS) is 32.2. The molecule has 2 rings (SSSR count). The zero-order chi connectivity index (χ0) is 17.0. The molecule has 0 spiro atoms. The molecule has 2 fully saturated rings. The van der Waals surface area contributed by atoms with Gasteiger partial charge in [-0.05, 0) is 115 Å². The van der Waals surface area contributed by atoms with Gasteiger partial charge in [-0.25, -0.2) is 0 Å². The molecule has 0 nitrogen and oxygen atoms in total. The smallest absolute Gasteiger partial charge is 0.0233 e. The Bertz CT molecular complexity index is 384. The second-order valence-corrected chi connectivity index (χ2v) is 8.24. The van der Waals surface area contributed by atoms with Crippen LogP contribution in [0.1, 0.15) is 90.9 Å². The van der Waals surface area contributed by atoms with Crippen molar-refractivity contribution in [3.05, 3.63) is 36.5 Å². The van der Waals surface area contributed by atoms with E-state index in [4.69, 9.17) is 0 Å². The van der Waals surface area contributed by atoms with E-state index in [0.29, 0.717) is 0 Å². The summed E-state index contributed by atoms with van der Waals surface area (Å²) < 4.78 is 0. The fourth-order valence-electron chi connectivity index (χ4n) is 4.73. The fourth-order valence-corrected chi connectivity index (χ4v) is 4.73. The van der Waals surface area contributed by atoms with Gasteiger partial charge in [0.05, 0.1) is 0 Å². The minimum atomic E-state index is 0.879. The summed E-state index contributed by atoms with van der Waals surface area (Å²) in [6, 6.07) is 0. The molecule has 0 atom stereocenters. The Hall–Kier alpha value is -0.780. The van der Waals surface area contributed by atoms with Crippen molar-refractivity contribution in [2.45, 2.75) is 90.9 Å². The van der Waals surface area contributed by atoms with E-state index in [9.17, 15) is 0 Å². The molecule has 0 saturated heterocycles. The Labute approximate surface area is 151 Å². The molecule has 0 aromatic rings. The molecule has 0 heterocycles. The van der Waals surface area contributed by atoms with E-state index >= 15 is 0 Å². The van der Waals surface area contributed by atoms with Crippen LogP contribution < -0.4 is 0 Å². The Morgan fingerprint density at radius 1 is 0.583 bits per heavy atom. The van der Waals surface area contributed by atoms with Crippen LogP contribution >= 0.6 is 0 Å². The van der Waals surface area contributed by atoms with Gasteiger partial charge < -0.3 is 0 Å². The van der Waals surface area contributed by atoms with E-state index < -0.39 is 0 Å². The first kappa shape index (κ1) is 19.5. The van der Waals surface area contributed by atoms with Gasteiger partial charge in [0.25, 0.3) is 0 Å². The van der Waals surface area contributed by atoms with Gasteiger partial charge in [-0.15, -0.1) is 0 Å². The quantitative estimate of drug-likeness (QED) is 0.398. The molecular formula is C24H40. The van der Waals surface area contributed by atoms with Crippen molar-refractivity contribution in [3.63, 3.8) is 0 Å². The monoisotopic (exact) mass is 328 g/mol. The van der Waals surface area contributed by atoms with Gasteiger partial charge in [0.15, 0.2) is 0 Å². The molecule has 2 saturated carbocycles. The second kappa shape index (κ2) is 11.7. The van der Waals surface area contributed by atoms with Gasteiger partial charge in [-0.3, -0.25) is 0 Å². The summed E-state index contributed by atoms with van der Waals surface area (Å²) in [7, 11) is 0. The molecule has 0 amide bonds. The summed E-state index contributed by atoms with van der Waals surface area (Å²) in [6.45, 7) is 4.29. The van der Waals surface area contributed by atoms with Gasteiger partial charge in [0.2, 0.25) is 0 Å². The van der Waals surface area contributed by atoms with Crippen molar-refractivity contribution in [1.29, 1.82) is 0 Å². The SMILES string of the molecule is CC=CCCC1CCC(C=CCCC2CCC(C=CC)CC2)CC1. The Kier molecular flexibility index (Phi) is 9.54. The van der Waals surface area contributed by atoms with Crippen molar-refractivity contribution < 1.29 is 0 Å². The van der Waals surface area contributed by atoms with Gasteiger partial charge in [-0.2, -0.15) is 0 Å². The van der Waals surface area contributed by atoms with Crippen LogP contribution in [0.15, 0.2) is 36.5 Å². The Balaban J connectivity index is 1.54. The van der Waals surface area contributed by atoms with E-state index in [0.717, 1.165) is 23.7 Å². The topological polar surface area (TPSA) is 0 Å². The molecule has 24 heavy (non-hydrogen) atoms. The highest BCUT2D eigenvalue weighted by Crippen LogP contribution is 2.34. The highest BCUT2D eigenvalue weighted by atomic mass is 14.3. The molecule has 2 aliphatic rings. The molecule has 0 N–H and O–H groups in total. The largest absolute Gasteiger partial charge is 0.0917 e. The Morgan fingerprint density at radius 3 is 1.58 bits per heavy atom. The summed E-state index contributed by atoms with van der Waals surface area (Å²) in [6.07, 6.45) is 31.3. The summed E-state index contributed by atoms with van der Waals surface area (Å²) in [4.78, 5) is 0. The lowest BCUT2D eigenvalue weighted by Crippen LogP contribution is -2.13. The van der Waals surface area contributed by atoms with E-state index in [-0.39, 0.29) is 0 Å². The summed E-state index contributed by atoms with van der Waals surface area (Å²) in [5.41, 5.74) is 0.